The van der Waals surface area contributed by atoms with Crippen LogP contribution in [0.2, 0.25) is 0 Å². The van der Waals surface area contributed by atoms with E-state index in [4.69, 9.17) is 19.4 Å². The molecule has 0 bridgehead atoms. The van der Waals surface area contributed by atoms with E-state index in [1.807, 2.05) is 26.1 Å². The van der Waals surface area contributed by atoms with Gasteiger partial charge in [-0.1, -0.05) is 86.7 Å². The van der Waals surface area contributed by atoms with Crippen molar-refractivity contribution in [2.75, 3.05) is 26.1 Å². The van der Waals surface area contributed by atoms with Crippen LogP contribution in [0.1, 0.15) is 105 Å². The first kappa shape index (κ1) is 35.9. The number of ether oxygens (including phenoxy) is 2. The maximum absolute atomic E-state index is 6.28. The minimum atomic E-state index is 0.0688. The molecule has 2 N–H and O–H groups in total. The van der Waals surface area contributed by atoms with Crippen LogP contribution < -0.4 is 20.1 Å². The van der Waals surface area contributed by atoms with Crippen molar-refractivity contribution >= 4 is 28.1 Å². The molecule has 7 heteroatoms. The molecule has 0 aliphatic heterocycles. The first-order valence-corrected chi connectivity index (χ1v) is 19.5. The number of hydrogen-bond donors (Lipinski definition) is 2. The Kier molecular flexibility index (Phi) is 12.8. The van der Waals surface area contributed by atoms with Gasteiger partial charge in [-0.05, 0) is 105 Å². The number of aromatic nitrogens is 2. The smallest absolute Gasteiger partial charge is 0.163 e. The zero-order chi connectivity index (χ0) is 34.7. The summed E-state index contributed by atoms with van der Waals surface area (Å²) in [5.41, 5.74) is 6.20. The summed E-state index contributed by atoms with van der Waals surface area (Å²) in [5, 5.41) is 10.1. The van der Waals surface area contributed by atoms with Crippen molar-refractivity contribution in [3.63, 3.8) is 0 Å². The van der Waals surface area contributed by atoms with Crippen LogP contribution in [0.25, 0.3) is 22.0 Å². The molecule has 0 amide bonds. The second kappa shape index (κ2) is 17.8. The van der Waals surface area contributed by atoms with Crippen LogP contribution in [0.5, 0.6) is 11.5 Å². The Bertz CT molecular complexity index is 1800. The Hall–Kier alpha value is -3.94. The van der Waals surface area contributed by atoms with Gasteiger partial charge in [-0.15, -0.1) is 11.3 Å². The molecule has 1 aliphatic rings. The standard InChI is InChI=1S/C43H54N4O2S/c1-30(42-25-36(29-50-42)37-19-13-12-18-35(37)28-44-3)45-43-38-26-40(48-4)41(27-39(38)46-31(2)47-43)49-24-14-7-5-6-9-15-32-20-22-34(23-21-32)33-16-10-8-11-17-33/h8,10-13,16-19,25-27,29-30,32,34,44H,5-7,9,14-15,20-24,28H2,1-4H3,(H,45,46,47)/t30-,32?,34?/m0/s1. The van der Waals surface area contributed by atoms with Crippen molar-refractivity contribution in [3.8, 4) is 22.6 Å². The Balaban J connectivity index is 0.978. The summed E-state index contributed by atoms with van der Waals surface area (Å²) in [7, 11) is 3.69. The Morgan fingerprint density at radius 3 is 2.42 bits per heavy atom. The van der Waals surface area contributed by atoms with Crippen molar-refractivity contribution in [3.05, 3.63) is 100 Å². The molecule has 0 spiro atoms. The lowest BCUT2D eigenvalue weighted by atomic mass is 9.77. The average molecular weight is 691 g/mol. The number of anilines is 1. The van der Waals surface area contributed by atoms with E-state index in [9.17, 15) is 0 Å². The number of rotatable bonds is 17. The zero-order valence-corrected chi connectivity index (χ0v) is 31.2. The molecular formula is C43H54N4O2S. The van der Waals surface area contributed by atoms with Gasteiger partial charge in [-0.3, -0.25) is 0 Å². The second-order valence-electron chi connectivity index (χ2n) is 14.0. The summed E-state index contributed by atoms with van der Waals surface area (Å²) in [6, 6.07) is 26.1. The maximum atomic E-state index is 6.28. The molecule has 1 atom stereocenters. The number of benzene rings is 3. The summed E-state index contributed by atoms with van der Waals surface area (Å²) < 4.78 is 12.1. The number of fused-ring (bicyclic) bond motifs is 1. The van der Waals surface area contributed by atoms with E-state index >= 15 is 0 Å². The summed E-state index contributed by atoms with van der Waals surface area (Å²) >= 11 is 1.77. The lowest BCUT2D eigenvalue weighted by Gasteiger charge is -2.28. The van der Waals surface area contributed by atoms with Gasteiger partial charge in [0.15, 0.2) is 11.5 Å². The highest BCUT2D eigenvalue weighted by atomic mass is 32.1. The molecule has 0 radical (unpaired) electrons. The maximum Gasteiger partial charge on any atom is 0.163 e. The van der Waals surface area contributed by atoms with Crippen LogP contribution in [0, 0.1) is 12.8 Å². The van der Waals surface area contributed by atoms with Gasteiger partial charge in [0, 0.05) is 22.9 Å². The van der Waals surface area contributed by atoms with Gasteiger partial charge in [-0.2, -0.15) is 0 Å². The highest BCUT2D eigenvalue weighted by Crippen LogP contribution is 2.39. The van der Waals surface area contributed by atoms with Crippen LogP contribution in [0.15, 0.2) is 78.2 Å². The third kappa shape index (κ3) is 9.23. The number of thiophene rings is 1. The van der Waals surface area contributed by atoms with E-state index in [1.54, 1.807) is 18.4 Å². The minimum Gasteiger partial charge on any atom is -0.493 e. The van der Waals surface area contributed by atoms with E-state index in [1.165, 1.54) is 84.9 Å². The highest BCUT2D eigenvalue weighted by Gasteiger charge is 2.22. The fourth-order valence-electron chi connectivity index (χ4n) is 7.54. The van der Waals surface area contributed by atoms with Gasteiger partial charge in [-0.25, -0.2) is 9.97 Å². The van der Waals surface area contributed by atoms with Crippen molar-refractivity contribution < 1.29 is 9.47 Å². The fourth-order valence-corrected chi connectivity index (χ4v) is 8.45. The zero-order valence-electron chi connectivity index (χ0n) is 30.3. The molecule has 2 aromatic heterocycles. The lowest BCUT2D eigenvalue weighted by Crippen LogP contribution is -2.13. The van der Waals surface area contributed by atoms with Gasteiger partial charge in [0.05, 0.1) is 25.3 Å². The monoisotopic (exact) mass is 690 g/mol. The largest absolute Gasteiger partial charge is 0.493 e. The van der Waals surface area contributed by atoms with Gasteiger partial charge < -0.3 is 20.1 Å². The Morgan fingerprint density at radius 1 is 0.860 bits per heavy atom. The molecule has 0 unspecified atom stereocenters. The number of nitrogens with zero attached hydrogens (tertiary/aromatic N) is 2. The molecule has 3 aromatic carbocycles. The third-order valence-corrected chi connectivity index (χ3v) is 11.4. The van der Waals surface area contributed by atoms with Crippen LogP contribution in [-0.4, -0.2) is 30.7 Å². The lowest BCUT2D eigenvalue weighted by molar-refractivity contribution is 0.282. The molecule has 0 saturated heterocycles. The first-order valence-electron chi connectivity index (χ1n) is 18.6. The number of methoxy groups -OCH3 is 1. The Labute approximate surface area is 303 Å². The molecule has 5 aromatic rings. The van der Waals surface area contributed by atoms with Gasteiger partial charge >= 0.3 is 0 Å². The van der Waals surface area contributed by atoms with Crippen molar-refractivity contribution in [2.45, 2.75) is 96.6 Å². The summed E-state index contributed by atoms with van der Waals surface area (Å²) in [4.78, 5) is 10.8. The molecule has 2 heterocycles. The number of nitrogens with one attached hydrogen (secondary N) is 2. The minimum absolute atomic E-state index is 0.0688. The number of hydrogen-bond acceptors (Lipinski definition) is 7. The van der Waals surface area contributed by atoms with E-state index in [0.29, 0.717) is 12.4 Å². The summed E-state index contributed by atoms with van der Waals surface area (Å²) in [6.45, 7) is 5.64. The Morgan fingerprint density at radius 2 is 1.62 bits per heavy atom. The summed E-state index contributed by atoms with van der Waals surface area (Å²) in [5.74, 6) is 4.68. The third-order valence-electron chi connectivity index (χ3n) is 10.3. The molecule has 1 aliphatic carbocycles. The highest BCUT2D eigenvalue weighted by molar-refractivity contribution is 7.10. The van der Waals surface area contributed by atoms with Crippen molar-refractivity contribution in [2.24, 2.45) is 5.92 Å². The fraction of sp³-hybridized carbons (Fsp3) is 0.442. The molecule has 264 valence electrons. The predicted molar refractivity (Wildman–Crippen MR) is 210 cm³/mol. The predicted octanol–water partition coefficient (Wildman–Crippen LogP) is 11.3. The SMILES string of the molecule is CNCc1ccccc1-c1csc([C@H](C)Nc2nc(C)nc3cc(OCCCCCCCC4CCC(c5ccccc5)CC4)c(OC)cc23)c1. The molecule has 50 heavy (non-hydrogen) atoms. The molecular weight excluding hydrogens is 637 g/mol. The normalized spacial score (nSPS) is 16.7. The summed E-state index contributed by atoms with van der Waals surface area (Å²) in [6.07, 6.45) is 13.1. The van der Waals surface area contributed by atoms with Crippen LogP contribution in [0.3, 0.4) is 0 Å². The average Bonchev–Trinajstić information content (AvgIpc) is 3.64. The van der Waals surface area contributed by atoms with Crippen molar-refractivity contribution in [1.82, 2.24) is 15.3 Å². The van der Waals surface area contributed by atoms with E-state index in [2.05, 4.69) is 83.6 Å². The number of unbranched alkanes of at least 4 members (excludes halogenated alkanes) is 4. The van der Waals surface area contributed by atoms with Crippen molar-refractivity contribution in [1.29, 1.82) is 0 Å². The molecule has 6 rings (SSSR count). The molecule has 1 saturated carbocycles. The topological polar surface area (TPSA) is 68.3 Å². The first-order chi connectivity index (χ1) is 24.5. The van der Waals surface area contributed by atoms with Crippen LogP contribution in [0.4, 0.5) is 5.82 Å². The number of aryl methyl sites for hydroxylation is 1. The van der Waals surface area contributed by atoms with Crippen LogP contribution in [-0.2, 0) is 6.54 Å². The van der Waals surface area contributed by atoms with Gasteiger partial charge in [0.2, 0.25) is 0 Å². The second-order valence-corrected chi connectivity index (χ2v) is 14.9. The molecule has 1 fully saturated rings. The van der Waals surface area contributed by atoms with E-state index in [-0.39, 0.29) is 6.04 Å². The van der Waals surface area contributed by atoms with Gasteiger partial charge in [0.1, 0.15) is 11.6 Å². The van der Waals surface area contributed by atoms with E-state index < -0.39 is 0 Å². The quantitative estimate of drug-likeness (QED) is 0.0947. The van der Waals surface area contributed by atoms with E-state index in [0.717, 1.165) is 53.1 Å². The van der Waals surface area contributed by atoms with Gasteiger partial charge in [0.25, 0.3) is 0 Å². The van der Waals surface area contributed by atoms with Crippen LogP contribution >= 0.6 is 11.3 Å². The molecule has 6 nitrogen and oxygen atoms in total.